The first-order valence-electron chi connectivity index (χ1n) is 11.7. The number of thioether (sulfide) groups is 1. The van der Waals surface area contributed by atoms with Crippen molar-refractivity contribution in [3.8, 4) is 11.5 Å². The van der Waals surface area contributed by atoms with E-state index >= 15 is 0 Å². The molecule has 2 aromatic rings. The number of aliphatic imine (C=N–C) groups is 1. The number of nitrogens with zero attached hydrogens (tertiary/aromatic N) is 2. The monoisotopic (exact) mass is 496 g/mol. The lowest BCUT2D eigenvalue weighted by Gasteiger charge is -2.17. The molecule has 1 amide bonds. The number of hydrogen-bond acceptors (Lipinski definition) is 7. The highest BCUT2D eigenvalue weighted by atomic mass is 32.2. The predicted molar refractivity (Wildman–Crippen MR) is 140 cm³/mol. The van der Waals surface area contributed by atoms with Crippen LogP contribution in [0.3, 0.4) is 0 Å². The smallest absolute Gasteiger partial charge is 0.344 e. The Labute approximate surface area is 211 Å². The Morgan fingerprint density at radius 3 is 2.46 bits per heavy atom. The molecular formula is C27H32N2O5S. The molecule has 35 heavy (non-hydrogen) atoms. The van der Waals surface area contributed by atoms with E-state index in [2.05, 4.69) is 13.8 Å². The Bertz CT molecular complexity index is 1110. The van der Waals surface area contributed by atoms with Crippen molar-refractivity contribution >= 4 is 40.6 Å². The predicted octanol–water partition coefficient (Wildman–Crippen LogP) is 5.60. The van der Waals surface area contributed by atoms with Gasteiger partial charge in [-0.05, 0) is 74.4 Å². The minimum absolute atomic E-state index is 0.0739. The summed E-state index contributed by atoms with van der Waals surface area (Å²) in [5.41, 5.74) is 2.75. The fourth-order valence-corrected chi connectivity index (χ4v) is 4.35. The number of rotatable bonds is 10. The third-order valence-electron chi connectivity index (χ3n) is 4.91. The highest BCUT2D eigenvalue weighted by Crippen LogP contribution is 2.36. The maximum Gasteiger partial charge on any atom is 0.344 e. The first-order chi connectivity index (χ1) is 16.8. The highest BCUT2D eigenvalue weighted by molar-refractivity contribution is 8.18. The van der Waals surface area contributed by atoms with E-state index in [0.717, 1.165) is 16.8 Å². The average Bonchev–Trinajstić information content (AvgIpc) is 3.09. The van der Waals surface area contributed by atoms with Gasteiger partial charge in [-0.1, -0.05) is 37.6 Å². The summed E-state index contributed by atoms with van der Waals surface area (Å²) in [6.07, 6.45) is 1.83. The van der Waals surface area contributed by atoms with E-state index in [0.29, 0.717) is 47.2 Å². The van der Waals surface area contributed by atoms with E-state index in [-0.39, 0.29) is 12.5 Å². The van der Waals surface area contributed by atoms with Gasteiger partial charge in [-0.2, -0.15) is 0 Å². The standard InChI is InChI=1S/C27H32N2O5S/c1-6-32-23-14-20(10-13-22(23)34-17-25(30)33-7-2)15-24-26(31)29(16-18(3)4)27(35-24)28-21-11-8-19(5)9-12-21/h8-15,18H,6-7,16-17H2,1-5H3/b24-15+,28-27?. The number of amides is 1. The van der Waals surface area contributed by atoms with Crippen LogP contribution < -0.4 is 9.47 Å². The zero-order valence-corrected chi connectivity index (χ0v) is 21.7. The summed E-state index contributed by atoms with van der Waals surface area (Å²) >= 11 is 1.36. The number of aryl methyl sites for hydroxylation is 1. The molecule has 7 nitrogen and oxygen atoms in total. The summed E-state index contributed by atoms with van der Waals surface area (Å²) in [6.45, 7) is 10.9. The Balaban J connectivity index is 1.87. The molecule has 0 radical (unpaired) electrons. The molecule has 0 spiro atoms. The summed E-state index contributed by atoms with van der Waals surface area (Å²) in [6, 6.07) is 13.3. The number of benzene rings is 2. The first-order valence-corrected chi connectivity index (χ1v) is 12.5. The fraction of sp³-hybridized carbons (Fsp3) is 0.370. The molecule has 0 bridgehead atoms. The van der Waals surface area contributed by atoms with E-state index in [1.54, 1.807) is 24.0 Å². The van der Waals surface area contributed by atoms with E-state index in [4.69, 9.17) is 19.2 Å². The minimum Gasteiger partial charge on any atom is -0.490 e. The SMILES string of the molecule is CCOC(=O)COc1ccc(/C=C2/SC(=Nc3ccc(C)cc3)N(CC(C)C)C2=O)cc1OCC. The van der Waals surface area contributed by atoms with E-state index in [1.165, 1.54) is 11.8 Å². The van der Waals surface area contributed by atoms with E-state index in [1.807, 2.05) is 50.3 Å². The van der Waals surface area contributed by atoms with Gasteiger partial charge in [-0.25, -0.2) is 9.79 Å². The molecule has 0 saturated carbocycles. The normalized spacial score (nSPS) is 15.8. The van der Waals surface area contributed by atoms with Crippen LogP contribution in [-0.4, -0.2) is 48.3 Å². The Morgan fingerprint density at radius 2 is 1.80 bits per heavy atom. The lowest BCUT2D eigenvalue weighted by atomic mass is 10.1. The number of carbonyl (C=O) groups excluding carboxylic acids is 2. The van der Waals surface area contributed by atoms with Crippen LogP contribution in [-0.2, 0) is 14.3 Å². The second kappa shape index (κ2) is 12.4. The molecule has 0 aromatic heterocycles. The van der Waals surface area contributed by atoms with Gasteiger partial charge in [0.15, 0.2) is 23.3 Å². The molecular weight excluding hydrogens is 464 g/mol. The third-order valence-corrected chi connectivity index (χ3v) is 5.92. The summed E-state index contributed by atoms with van der Waals surface area (Å²) in [5, 5.41) is 0.665. The first kappa shape index (κ1) is 26.3. The van der Waals surface area contributed by atoms with Gasteiger partial charge < -0.3 is 14.2 Å². The average molecular weight is 497 g/mol. The Hall–Kier alpha value is -3.26. The van der Waals surface area contributed by atoms with Crippen LogP contribution in [0.15, 0.2) is 52.4 Å². The third kappa shape index (κ3) is 7.36. The topological polar surface area (TPSA) is 77.4 Å². The summed E-state index contributed by atoms with van der Waals surface area (Å²) in [7, 11) is 0. The van der Waals surface area contributed by atoms with Crippen LogP contribution in [0, 0.1) is 12.8 Å². The second-order valence-corrected chi connectivity index (χ2v) is 9.39. The van der Waals surface area contributed by atoms with Crippen molar-refractivity contribution in [2.24, 2.45) is 10.9 Å². The van der Waals surface area contributed by atoms with Gasteiger partial charge >= 0.3 is 5.97 Å². The molecule has 8 heteroatoms. The molecule has 1 fully saturated rings. The molecule has 1 aliphatic heterocycles. The number of hydrogen-bond donors (Lipinski definition) is 0. The highest BCUT2D eigenvalue weighted by Gasteiger charge is 2.33. The van der Waals surface area contributed by atoms with Crippen LogP contribution in [0.2, 0.25) is 0 Å². The number of esters is 1. The zero-order valence-electron chi connectivity index (χ0n) is 20.9. The van der Waals surface area contributed by atoms with Crippen LogP contribution in [0.5, 0.6) is 11.5 Å². The van der Waals surface area contributed by atoms with Crippen molar-refractivity contribution in [2.75, 3.05) is 26.4 Å². The Morgan fingerprint density at radius 1 is 1.06 bits per heavy atom. The molecule has 1 aliphatic rings. The Kier molecular flexibility index (Phi) is 9.37. The summed E-state index contributed by atoms with van der Waals surface area (Å²) in [4.78, 5) is 32.0. The largest absolute Gasteiger partial charge is 0.490 e. The molecule has 3 rings (SSSR count). The van der Waals surface area contributed by atoms with Gasteiger partial charge in [-0.3, -0.25) is 9.69 Å². The molecule has 1 saturated heterocycles. The van der Waals surface area contributed by atoms with Crippen LogP contribution >= 0.6 is 11.8 Å². The van der Waals surface area contributed by atoms with Crippen LogP contribution in [0.25, 0.3) is 6.08 Å². The van der Waals surface area contributed by atoms with E-state index in [9.17, 15) is 9.59 Å². The number of ether oxygens (including phenoxy) is 3. The van der Waals surface area contributed by atoms with Gasteiger partial charge in [0.05, 0.1) is 23.8 Å². The van der Waals surface area contributed by atoms with Crippen molar-refractivity contribution in [1.29, 1.82) is 0 Å². The molecule has 0 N–H and O–H groups in total. The summed E-state index contributed by atoms with van der Waals surface area (Å²) in [5.74, 6) is 0.710. The quantitative estimate of drug-likeness (QED) is 0.315. The molecule has 186 valence electrons. The lowest BCUT2D eigenvalue weighted by molar-refractivity contribution is -0.145. The van der Waals surface area contributed by atoms with Crippen molar-refractivity contribution in [1.82, 2.24) is 4.90 Å². The van der Waals surface area contributed by atoms with Gasteiger partial charge in [0.1, 0.15) is 0 Å². The van der Waals surface area contributed by atoms with Crippen molar-refractivity contribution in [2.45, 2.75) is 34.6 Å². The van der Waals surface area contributed by atoms with Crippen LogP contribution in [0.4, 0.5) is 5.69 Å². The van der Waals surface area contributed by atoms with Crippen molar-refractivity contribution in [3.63, 3.8) is 0 Å². The molecule has 0 unspecified atom stereocenters. The molecule has 2 aromatic carbocycles. The maximum absolute atomic E-state index is 13.3. The summed E-state index contributed by atoms with van der Waals surface area (Å²) < 4.78 is 16.2. The van der Waals surface area contributed by atoms with Gasteiger partial charge in [0.2, 0.25) is 0 Å². The lowest BCUT2D eigenvalue weighted by Crippen LogP contribution is -2.32. The van der Waals surface area contributed by atoms with E-state index < -0.39 is 5.97 Å². The second-order valence-electron chi connectivity index (χ2n) is 8.38. The number of carbonyl (C=O) groups is 2. The van der Waals surface area contributed by atoms with Crippen LogP contribution in [0.1, 0.15) is 38.8 Å². The number of amidine groups is 1. The maximum atomic E-state index is 13.3. The molecule has 1 heterocycles. The fourth-order valence-electron chi connectivity index (χ4n) is 3.34. The van der Waals surface area contributed by atoms with Gasteiger partial charge in [0.25, 0.3) is 5.91 Å². The van der Waals surface area contributed by atoms with Crippen molar-refractivity contribution < 1.29 is 23.8 Å². The van der Waals surface area contributed by atoms with Gasteiger partial charge in [-0.15, -0.1) is 0 Å². The zero-order chi connectivity index (χ0) is 25.4. The minimum atomic E-state index is -0.445. The van der Waals surface area contributed by atoms with Crippen molar-refractivity contribution in [3.05, 3.63) is 58.5 Å². The molecule has 0 atom stereocenters. The molecule has 0 aliphatic carbocycles. The van der Waals surface area contributed by atoms with Gasteiger partial charge in [0, 0.05) is 6.54 Å².